The van der Waals surface area contributed by atoms with E-state index in [4.69, 9.17) is 11.5 Å². The Kier molecular flexibility index (Phi) is 4.10. The molecule has 6 N–H and O–H groups in total. The number of Topliss-reactive ketones (excluding diaryl/α,β-unsaturated/α-hetero) is 1. The lowest BCUT2D eigenvalue weighted by molar-refractivity contribution is -0.157. The Morgan fingerprint density at radius 1 is 1.32 bits per heavy atom. The lowest BCUT2D eigenvalue weighted by Gasteiger charge is -2.51. The van der Waals surface area contributed by atoms with Crippen LogP contribution in [-0.2, 0) is 14.4 Å². The predicted octanol–water partition coefficient (Wildman–Crippen LogP) is 0.136. The maximum Gasteiger partial charge on any atom is 0.352 e. The van der Waals surface area contributed by atoms with Crippen LogP contribution in [-0.4, -0.2) is 43.0 Å². The second-order valence-electron chi connectivity index (χ2n) is 6.18. The van der Waals surface area contributed by atoms with Gasteiger partial charge in [-0.05, 0) is 30.7 Å². The molecule has 9 heteroatoms. The standard InChI is InChI=1S/C16H17N3O5S/c1-16(18)6-9(15(23)24)19-13(22)10(14(19)25-16)12(21)11(17)7-2-4-8(20)5-3-7/h2-6,10-11,14,20H,17-18H2,1H3,(H,23,24)/t10?,11-,14-,16?/m1/s1. The Labute approximate surface area is 147 Å². The van der Waals surface area contributed by atoms with Crippen molar-refractivity contribution < 1.29 is 24.6 Å². The Morgan fingerprint density at radius 2 is 1.92 bits per heavy atom. The Morgan fingerprint density at radius 3 is 2.48 bits per heavy atom. The summed E-state index contributed by atoms with van der Waals surface area (Å²) >= 11 is 1.14. The molecule has 8 nitrogen and oxygen atoms in total. The number of aromatic hydroxyl groups is 1. The van der Waals surface area contributed by atoms with Crippen molar-refractivity contribution in [3.63, 3.8) is 0 Å². The number of nitrogens with two attached hydrogens (primary N) is 2. The molecule has 2 aliphatic heterocycles. The van der Waals surface area contributed by atoms with E-state index in [1.54, 1.807) is 6.92 Å². The first-order chi connectivity index (χ1) is 11.6. The van der Waals surface area contributed by atoms with Gasteiger partial charge in [-0.2, -0.15) is 0 Å². The molecule has 0 aromatic heterocycles. The van der Waals surface area contributed by atoms with Crippen molar-refractivity contribution in [2.45, 2.75) is 23.2 Å². The summed E-state index contributed by atoms with van der Waals surface area (Å²) < 4.78 is 0. The Balaban J connectivity index is 1.86. The number of phenols is 1. The van der Waals surface area contributed by atoms with Gasteiger partial charge in [0.25, 0.3) is 0 Å². The average molecular weight is 363 g/mol. The second kappa shape index (κ2) is 5.87. The molecule has 1 fully saturated rings. The highest BCUT2D eigenvalue weighted by atomic mass is 32.2. The first-order valence-electron chi connectivity index (χ1n) is 7.46. The topological polar surface area (TPSA) is 147 Å². The number of carbonyl (C=O) groups excluding carboxylic acids is 2. The minimum atomic E-state index is -1.27. The van der Waals surface area contributed by atoms with Gasteiger partial charge in [0.15, 0.2) is 5.78 Å². The molecule has 1 aromatic carbocycles. The number of carboxylic acid groups (broad SMARTS) is 1. The van der Waals surface area contributed by atoms with Crippen LogP contribution >= 0.6 is 11.8 Å². The molecular weight excluding hydrogens is 346 g/mol. The summed E-state index contributed by atoms with van der Waals surface area (Å²) in [7, 11) is 0. The third-order valence-electron chi connectivity index (χ3n) is 4.19. The fraction of sp³-hybridized carbons (Fsp3) is 0.312. The van der Waals surface area contributed by atoms with Crippen molar-refractivity contribution in [1.29, 1.82) is 0 Å². The largest absolute Gasteiger partial charge is 0.508 e. The molecule has 0 spiro atoms. The molecule has 0 saturated carbocycles. The maximum absolute atomic E-state index is 12.7. The molecule has 2 heterocycles. The number of nitrogens with zero attached hydrogens (tertiary/aromatic N) is 1. The highest BCUT2D eigenvalue weighted by Gasteiger charge is 2.58. The molecule has 2 unspecified atom stereocenters. The van der Waals surface area contributed by atoms with E-state index in [2.05, 4.69) is 0 Å². The number of β-lactam (4-membered cyclic amide) rings is 1. The van der Waals surface area contributed by atoms with Gasteiger partial charge in [-0.3, -0.25) is 14.5 Å². The molecule has 0 aliphatic carbocycles. The number of hydrogen-bond acceptors (Lipinski definition) is 7. The van der Waals surface area contributed by atoms with Crippen LogP contribution in [0, 0.1) is 5.92 Å². The summed E-state index contributed by atoms with van der Waals surface area (Å²) in [6.07, 6.45) is 1.30. The molecule has 132 valence electrons. The van der Waals surface area contributed by atoms with E-state index in [1.807, 2.05) is 0 Å². The van der Waals surface area contributed by atoms with Gasteiger partial charge in [-0.25, -0.2) is 4.79 Å². The zero-order chi connectivity index (χ0) is 18.5. The summed E-state index contributed by atoms with van der Waals surface area (Å²) in [5.74, 6) is -3.40. The van der Waals surface area contributed by atoms with Gasteiger partial charge >= 0.3 is 5.97 Å². The number of thioether (sulfide) groups is 1. The molecule has 1 amide bonds. The summed E-state index contributed by atoms with van der Waals surface area (Å²) in [5.41, 5.74) is 12.2. The molecule has 0 bridgehead atoms. The number of amides is 1. The highest BCUT2D eigenvalue weighted by Crippen LogP contribution is 2.48. The van der Waals surface area contributed by atoms with E-state index in [9.17, 15) is 24.6 Å². The minimum absolute atomic E-state index is 0.0345. The minimum Gasteiger partial charge on any atom is -0.508 e. The van der Waals surface area contributed by atoms with Gasteiger partial charge in [0.1, 0.15) is 22.7 Å². The van der Waals surface area contributed by atoms with Gasteiger partial charge < -0.3 is 21.7 Å². The van der Waals surface area contributed by atoms with E-state index in [1.165, 1.54) is 30.3 Å². The van der Waals surface area contributed by atoms with Crippen LogP contribution < -0.4 is 11.5 Å². The molecule has 1 saturated heterocycles. The molecular formula is C16H17N3O5S. The number of benzene rings is 1. The zero-order valence-corrected chi connectivity index (χ0v) is 14.1. The monoisotopic (exact) mass is 363 g/mol. The summed E-state index contributed by atoms with van der Waals surface area (Å²) in [6, 6.07) is 4.75. The zero-order valence-electron chi connectivity index (χ0n) is 13.2. The van der Waals surface area contributed by atoms with E-state index in [-0.39, 0.29) is 11.4 Å². The number of hydrogen-bond donors (Lipinski definition) is 4. The lowest BCUT2D eigenvalue weighted by Crippen LogP contribution is -2.66. The quantitative estimate of drug-likeness (QED) is 0.436. The van der Waals surface area contributed by atoms with Crippen molar-refractivity contribution in [3.8, 4) is 5.75 Å². The van der Waals surface area contributed by atoms with Crippen molar-refractivity contribution in [3.05, 3.63) is 41.6 Å². The third kappa shape index (κ3) is 2.90. The van der Waals surface area contributed by atoms with E-state index in [0.717, 1.165) is 16.7 Å². The molecule has 25 heavy (non-hydrogen) atoms. The Hall–Kier alpha value is -2.36. The summed E-state index contributed by atoms with van der Waals surface area (Å²) in [6.45, 7) is 1.61. The van der Waals surface area contributed by atoms with Crippen molar-refractivity contribution >= 4 is 29.4 Å². The molecule has 2 aliphatic rings. The van der Waals surface area contributed by atoms with Crippen LogP contribution in [0.4, 0.5) is 0 Å². The SMILES string of the molecule is CC1(N)C=C(C(=O)O)N2C(=O)C(C(=O)[C@H](N)c3ccc(O)cc3)[C@H]2S1. The van der Waals surface area contributed by atoms with Crippen LogP contribution in [0.3, 0.4) is 0 Å². The first-order valence-corrected chi connectivity index (χ1v) is 8.34. The first kappa shape index (κ1) is 17.5. The summed E-state index contributed by atoms with van der Waals surface area (Å²) in [5, 5.41) is 17.9. The highest BCUT2D eigenvalue weighted by molar-refractivity contribution is 8.01. The summed E-state index contributed by atoms with van der Waals surface area (Å²) in [4.78, 5) is 36.6. The van der Waals surface area contributed by atoms with Crippen molar-refractivity contribution in [1.82, 2.24) is 4.90 Å². The van der Waals surface area contributed by atoms with Gasteiger partial charge in [0, 0.05) is 0 Å². The number of ketones is 1. The number of carbonyl (C=O) groups is 3. The van der Waals surface area contributed by atoms with Crippen LogP contribution in [0.25, 0.3) is 0 Å². The van der Waals surface area contributed by atoms with Gasteiger partial charge in [0.2, 0.25) is 5.91 Å². The molecule has 0 radical (unpaired) electrons. The predicted molar refractivity (Wildman–Crippen MR) is 90.1 cm³/mol. The lowest BCUT2D eigenvalue weighted by atomic mass is 9.86. The number of carboxylic acids is 1. The molecule has 3 rings (SSSR count). The number of aliphatic carboxylic acids is 1. The van der Waals surface area contributed by atoms with Crippen LogP contribution in [0.5, 0.6) is 5.75 Å². The van der Waals surface area contributed by atoms with E-state index < -0.39 is 39.9 Å². The smallest absolute Gasteiger partial charge is 0.352 e. The van der Waals surface area contributed by atoms with Crippen molar-refractivity contribution in [2.24, 2.45) is 17.4 Å². The van der Waals surface area contributed by atoms with Crippen LogP contribution in [0.15, 0.2) is 36.0 Å². The molecule has 4 atom stereocenters. The number of phenolic OH excluding ortho intramolecular Hbond substituents is 1. The fourth-order valence-electron chi connectivity index (χ4n) is 2.94. The second-order valence-corrected chi connectivity index (χ2v) is 7.78. The third-order valence-corrected chi connectivity index (χ3v) is 5.54. The number of rotatable bonds is 4. The molecule has 1 aromatic rings. The Bertz CT molecular complexity index is 789. The van der Waals surface area contributed by atoms with Crippen molar-refractivity contribution in [2.75, 3.05) is 0 Å². The van der Waals surface area contributed by atoms with Gasteiger partial charge in [-0.15, -0.1) is 11.8 Å². The maximum atomic E-state index is 12.7. The van der Waals surface area contributed by atoms with Gasteiger partial charge in [-0.1, -0.05) is 12.1 Å². The number of fused-ring (bicyclic) bond motifs is 1. The van der Waals surface area contributed by atoms with E-state index >= 15 is 0 Å². The van der Waals surface area contributed by atoms with E-state index in [0.29, 0.717) is 5.56 Å². The average Bonchev–Trinajstić information content (AvgIpc) is 2.53. The van der Waals surface area contributed by atoms with Crippen LogP contribution in [0.1, 0.15) is 18.5 Å². The fourth-order valence-corrected chi connectivity index (χ4v) is 4.35. The van der Waals surface area contributed by atoms with Crippen LogP contribution in [0.2, 0.25) is 0 Å². The normalized spacial score (nSPS) is 29.3. The van der Waals surface area contributed by atoms with Gasteiger partial charge in [0.05, 0.1) is 10.9 Å².